The summed E-state index contributed by atoms with van der Waals surface area (Å²) in [4.78, 5) is 11.4. The van der Waals surface area contributed by atoms with Crippen molar-refractivity contribution in [1.82, 2.24) is 5.16 Å². The minimum atomic E-state index is -0.801. The molecule has 1 atom stereocenters. The van der Waals surface area contributed by atoms with Crippen LogP contribution in [0.15, 0.2) is 47.0 Å². The quantitative estimate of drug-likeness (QED) is 0.257. The summed E-state index contributed by atoms with van der Waals surface area (Å²) in [6, 6.07) is 12.0. The number of hydrogen-bond donors (Lipinski definition) is 1. The highest BCUT2D eigenvalue weighted by molar-refractivity contribution is 7.59. The largest absolute Gasteiger partial charge is 0.497 e. The van der Waals surface area contributed by atoms with E-state index >= 15 is 0 Å². The maximum absolute atomic E-state index is 14.8. The van der Waals surface area contributed by atoms with Crippen molar-refractivity contribution in [1.29, 1.82) is 0 Å². The zero-order valence-electron chi connectivity index (χ0n) is 22.5. The lowest BCUT2D eigenvalue weighted by Gasteiger charge is -2.42. The Morgan fingerprint density at radius 3 is 2.59 bits per heavy atom. The Kier molecular flexibility index (Phi) is 8.79. The Bertz CT molecular complexity index is 1300. The highest BCUT2D eigenvalue weighted by atomic mass is 32.1. The van der Waals surface area contributed by atoms with E-state index in [2.05, 4.69) is 19.0 Å². The van der Waals surface area contributed by atoms with Crippen LogP contribution < -0.4 is 14.2 Å². The summed E-state index contributed by atoms with van der Waals surface area (Å²) in [7, 11) is 1.52. The first-order chi connectivity index (χ1) is 18.2. The van der Waals surface area contributed by atoms with E-state index in [1.807, 2.05) is 24.3 Å². The third-order valence-electron chi connectivity index (χ3n) is 7.53. The van der Waals surface area contributed by atoms with Gasteiger partial charge < -0.3 is 23.8 Å². The number of rotatable bonds is 12. The summed E-state index contributed by atoms with van der Waals surface area (Å²) in [6.07, 6.45) is 4.30. The molecule has 0 amide bonds. The predicted octanol–water partition coefficient (Wildman–Crippen LogP) is 6.96. The minimum absolute atomic E-state index is 0. The molecule has 0 spiro atoms. The molecule has 3 aromatic rings. The summed E-state index contributed by atoms with van der Waals surface area (Å²) in [5, 5.41) is 13.5. The summed E-state index contributed by atoms with van der Waals surface area (Å²) in [6.45, 7) is 5.00. The maximum atomic E-state index is 14.8. The fourth-order valence-electron chi connectivity index (χ4n) is 5.58. The molecule has 0 saturated heterocycles. The van der Waals surface area contributed by atoms with Crippen LogP contribution in [0.5, 0.6) is 17.2 Å². The molecule has 1 N–H and O–H groups in total. The van der Waals surface area contributed by atoms with Crippen molar-refractivity contribution < 1.29 is 33.0 Å². The fraction of sp³-hybridized carbons (Fsp3) is 0.467. The molecular weight excluding hydrogens is 521 g/mol. The van der Waals surface area contributed by atoms with Crippen molar-refractivity contribution in [3.8, 4) is 28.6 Å². The van der Waals surface area contributed by atoms with Gasteiger partial charge in [0.2, 0.25) is 5.76 Å². The topological polar surface area (TPSA) is 91.0 Å². The monoisotopic (exact) mass is 557 g/mol. The number of carbonyl (C=O) groups is 1. The number of aromatic nitrogens is 1. The minimum Gasteiger partial charge on any atom is -0.497 e. The van der Waals surface area contributed by atoms with Crippen LogP contribution in [0.25, 0.3) is 11.3 Å². The standard InChI is InChI=1S/C30H34FNO6.H2S/c1-30(2)14-18(15-30)16-37-29-26(32-38-28(29)24-12-21(35-3)9-10-25(24)31)17-36-22-6-4-5-20(11-22)23(13-27(33)34)19-7-8-19;/h4-6,9-12,18-19,23H,7-8,13-17H2,1-3H3,(H,33,34);1H2/t23-;/m0./s1. The fourth-order valence-corrected chi connectivity index (χ4v) is 5.58. The predicted molar refractivity (Wildman–Crippen MR) is 149 cm³/mol. The Balaban J connectivity index is 0.00000353. The first-order valence-electron chi connectivity index (χ1n) is 13.1. The zero-order valence-corrected chi connectivity index (χ0v) is 23.5. The number of aliphatic carboxylic acids is 1. The van der Waals surface area contributed by atoms with Crippen molar-refractivity contribution in [2.45, 2.75) is 58.5 Å². The van der Waals surface area contributed by atoms with Gasteiger partial charge in [-0.2, -0.15) is 13.5 Å². The molecular formula is C30H36FNO6S. The molecule has 0 aliphatic heterocycles. The number of ether oxygens (including phenoxy) is 3. The number of halogens is 1. The number of methoxy groups -OCH3 is 1. The molecule has 2 aromatic carbocycles. The number of hydrogen-bond acceptors (Lipinski definition) is 6. The summed E-state index contributed by atoms with van der Waals surface area (Å²) < 4.78 is 38.0. The molecule has 0 bridgehead atoms. The van der Waals surface area contributed by atoms with E-state index in [1.54, 1.807) is 12.1 Å². The van der Waals surface area contributed by atoms with Crippen molar-refractivity contribution in [2.24, 2.45) is 17.3 Å². The third kappa shape index (κ3) is 6.87. The van der Waals surface area contributed by atoms with Crippen LogP contribution in [0, 0.1) is 23.1 Å². The number of nitrogens with zero attached hydrogens (tertiary/aromatic N) is 1. The van der Waals surface area contributed by atoms with Gasteiger partial charge in [-0.05, 0) is 84.7 Å². The van der Waals surface area contributed by atoms with Crippen LogP contribution >= 0.6 is 13.5 Å². The molecule has 210 valence electrons. The Labute approximate surface area is 235 Å². The van der Waals surface area contributed by atoms with Crippen LogP contribution in [-0.2, 0) is 11.4 Å². The van der Waals surface area contributed by atoms with Crippen LogP contribution in [0.1, 0.15) is 63.1 Å². The van der Waals surface area contributed by atoms with E-state index < -0.39 is 11.8 Å². The normalized spacial score (nSPS) is 17.0. The molecule has 5 rings (SSSR count). The second-order valence-electron chi connectivity index (χ2n) is 11.3. The lowest BCUT2D eigenvalue weighted by atomic mass is 9.65. The number of carboxylic acid groups (broad SMARTS) is 1. The first kappa shape index (κ1) is 28.8. The molecule has 1 heterocycles. The van der Waals surface area contributed by atoms with Crippen LogP contribution in [0.3, 0.4) is 0 Å². The average molecular weight is 558 g/mol. The average Bonchev–Trinajstić information content (AvgIpc) is 3.64. The van der Waals surface area contributed by atoms with Gasteiger partial charge in [0.05, 0.1) is 25.7 Å². The third-order valence-corrected chi connectivity index (χ3v) is 7.53. The summed E-state index contributed by atoms with van der Waals surface area (Å²) in [5.74, 6) is 1.15. The SMILES string of the molecule is COc1ccc(F)c(-c2onc(COc3cccc([C@@H](CC(=O)O)C4CC4)c3)c2OCC2CC(C)(C)C2)c1.S. The van der Waals surface area contributed by atoms with Crippen LogP contribution in [0.4, 0.5) is 4.39 Å². The van der Waals surface area contributed by atoms with Gasteiger partial charge in [-0.15, -0.1) is 0 Å². The van der Waals surface area contributed by atoms with E-state index in [0.29, 0.717) is 46.8 Å². The Morgan fingerprint density at radius 2 is 1.92 bits per heavy atom. The summed E-state index contributed by atoms with van der Waals surface area (Å²) >= 11 is 0. The number of carboxylic acids is 1. The van der Waals surface area contributed by atoms with Crippen LogP contribution in [-0.4, -0.2) is 29.9 Å². The Hall–Kier alpha value is -3.20. The van der Waals surface area contributed by atoms with Gasteiger partial charge in [0.15, 0.2) is 11.4 Å². The van der Waals surface area contributed by atoms with Gasteiger partial charge in [0.25, 0.3) is 0 Å². The lowest BCUT2D eigenvalue weighted by molar-refractivity contribution is -0.137. The van der Waals surface area contributed by atoms with Crippen LogP contribution in [0.2, 0.25) is 0 Å². The maximum Gasteiger partial charge on any atom is 0.303 e. The lowest BCUT2D eigenvalue weighted by Crippen LogP contribution is -2.35. The van der Waals surface area contributed by atoms with Gasteiger partial charge in [-0.1, -0.05) is 31.1 Å². The van der Waals surface area contributed by atoms with Gasteiger partial charge >= 0.3 is 5.97 Å². The van der Waals surface area contributed by atoms with E-state index in [9.17, 15) is 14.3 Å². The molecule has 9 heteroatoms. The van der Waals surface area contributed by atoms with Gasteiger partial charge in [-0.3, -0.25) is 4.79 Å². The van der Waals surface area contributed by atoms with Crippen molar-refractivity contribution in [2.75, 3.05) is 13.7 Å². The molecule has 1 aromatic heterocycles. The molecule has 0 radical (unpaired) electrons. The highest BCUT2D eigenvalue weighted by Gasteiger charge is 2.37. The molecule has 2 saturated carbocycles. The first-order valence-corrected chi connectivity index (χ1v) is 13.1. The van der Waals surface area contributed by atoms with E-state index in [0.717, 1.165) is 31.2 Å². The second-order valence-corrected chi connectivity index (χ2v) is 11.3. The van der Waals surface area contributed by atoms with Gasteiger partial charge in [-0.25, -0.2) is 4.39 Å². The highest BCUT2D eigenvalue weighted by Crippen LogP contribution is 2.46. The van der Waals surface area contributed by atoms with Crippen molar-refractivity contribution >= 4 is 19.5 Å². The Morgan fingerprint density at radius 1 is 1.15 bits per heavy atom. The van der Waals surface area contributed by atoms with E-state index in [1.165, 1.54) is 13.2 Å². The van der Waals surface area contributed by atoms with Gasteiger partial charge in [0, 0.05) is 0 Å². The smallest absolute Gasteiger partial charge is 0.303 e. The molecule has 2 aliphatic carbocycles. The van der Waals surface area contributed by atoms with Crippen molar-refractivity contribution in [3.63, 3.8) is 0 Å². The summed E-state index contributed by atoms with van der Waals surface area (Å²) in [5.41, 5.74) is 1.89. The number of benzene rings is 2. The molecule has 2 aliphatic rings. The second kappa shape index (κ2) is 11.9. The van der Waals surface area contributed by atoms with E-state index in [4.69, 9.17) is 18.7 Å². The van der Waals surface area contributed by atoms with Gasteiger partial charge in [0.1, 0.15) is 23.9 Å². The zero-order chi connectivity index (χ0) is 26.9. The molecule has 7 nitrogen and oxygen atoms in total. The molecule has 39 heavy (non-hydrogen) atoms. The van der Waals surface area contributed by atoms with E-state index in [-0.39, 0.29) is 43.8 Å². The molecule has 2 fully saturated rings. The molecule has 0 unspecified atom stereocenters. The van der Waals surface area contributed by atoms with Crippen molar-refractivity contribution in [3.05, 3.63) is 59.5 Å².